The summed E-state index contributed by atoms with van der Waals surface area (Å²) in [5.74, 6) is 0.246. The minimum atomic E-state index is -0.470. The smallest absolute Gasteiger partial charge is 0.266 e. The molecule has 30 heavy (non-hydrogen) atoms. The molecule has 0 aromatic heterocycles. The van der Waals surface area contributed by atoms with Crippen LogP contribution >= 0.6 is 11.6 Å². The fourth-order valence-corrected chi connectivity index (χ4v) is 3.13. The van der Waals surface area contributed by atoms with Crippen molar-refractivity contribution in [1.82, 2.24) is 0 Å². The molecule has 0 fully saturated rings. The van der Waals surface area contributed by atoms with E-state index in [2.05, 4.69) is 11.4 Å². The topological polar surface area (TPSA) is 62.1 Å². The highest BCUT2D eigenvalue weighted by atomic mass is 35.5. The van der Waals surface area contributed by atoms with Gasteiger partial charge in [-0.05, 0) is 66.9 Å². The maximum atomic E-state index is 12.5. The molecule has 3 aromatic rings. The molecule has 150 valence electrons. The molecular formula is C25H21ClN2O2. The predicted octanol–water partition coefficient (Wildman–Crippen LogP) is 6.08. The number of rotatable bonds is 6. The van der Waals surface area contributed by atoms with Crippen molar-refractivity contribution in [3.8, 4) is 11.8 Å². The van der Waals surface area contributed by atoms with E-state index in [0.717, 1.165) is 16.7 Å². The van der Waals surface area contributed by atoms with Crippen molar-refractivity contribution in [3.63, 3.8) is 0 Å². The van der Waals surface area contributed by atoms with Crippen LogP contribution in [0, 0.1) is 25.2 Å². The van der Waals surface area contributed by atoms with Crippen LogP contribution in [-0.4, -0.2) is 5.91 Å². The van der Waals surface area contributed by atoms with Crippen LogP contribution in [0.15, 0.2) is 72.3 Å². The highest BCUT2D eigenvalue weighted by Gasteiger charge is 2.11. The molecule has 1 N–H and O–H groups in total. The summed E-state index contributed by atoms with van der Waals surface area (Å²) in [4.78, 5) is 12.5. The number of anilines is 1. The number of hydrogen-bond donors (Lipinski definition) is 1. The highest BCUT2D eigenvalue weighted by molar-refractivity contribution is 6.30. The first-order valence-electron chi connectivity index (χ1n) is 9.42. The van der Waals surface area contributed by atoms with E-state index in [1.807, 2.05) is 62.4 Å². The van der Waals surface area contributed by atoms with Crippen LogP contribution in [0.5, 0.6) is 5.75 Å². The molecule has 4 nitrogen and oxygen atoms in total. The third-order valence-electron chi connectivity index (χ3n) is 4.48. The lowest BCUT2D eigenvalue weighted by atomic mass is 10.1. The van der Waals surface area contributed by atoms with Crippen molar-refractivity contribution in [2.75, 3.05) is 5.32 Å². The summed E-state index contributed by atoms with van der Waals surface area (Å²) in [5.41, 5.74) is 4.47. The number of ether oxygens (including phenoxy) is 1. The number of halogens is 1. The molecule has 3 rings (SSSR count). The lowest BCUT2D eigenvalue weighted by Gasteiger charge is -2.09. The number of benzene rings is 3. The monoisotopic (exact) mass is 416 g/mol. The number of nitrogens with zero attached hydrogens (tertiary/aromatic N) is 1. The number of nitriles is 1. The predicted molar refractivity (Wildman–Crippen MR) is 120 cm³/mol. The fraction of sp³-hybridized carbons (Fsp3) is 0.120. The van der Waals surface area contributed by atoms with Gasteiger partial charge >= 0.3 is 0 Å². The van der Waals surface area contributed by atoms with Crippen LogP contribution < -0.4 is 10.1 Å². The first-order valence-corrected chi connectivity index (χ1v) is 9.80. The molecule has 0 heterocycles. The SMILES string of the molecule is Cc1cccc(COc2ccc(/C=C(\C#N)C(=O)Nc3ccc(Cl)cc3C)cc2)c1. The fourth-order valence-electron chi connectivity index (χ4n) is 2.90. The van der Waals surface area contributed by atoms with E-state index in [1.165, 1.54) is 5.56 Å². The molecule has 0 radical (unpaired) electrons. The van der Waals surface area contributed by atoms with Crippen LogP contribution in [0.2, 0.25) is 5.02 Å². The summed E-state index contributed by atoms with van der Waals surface area (Å²) in [7, 11) is 0. The third-order valence-corrected chi connectivity index (χ3v) is 4.72. The zero-order valence-electron chi connectivity index (χ0n) is 16.8. The van der Waals surface area contributed by atoms with Gasteiger partial charge < -0.3 is 10.1 Å². The van der Waals surface area contributed by atoms with Gasteiger partial charge in [0.2, 0.25) is 0 Å². The minimum Gasteiger partial charge on any atom is -0.489 e. The second-order valence-electron chi connectivity index (χ2n) is 6.93. The van der Waals surface area contributed by atoms with Gasteiger partial charge in [0.25, 0.3) is 5.91 Å². The van der Waals surface area contributed by atoms with Gasteiger partial charge in [-0.15, -0.1) is 0 Å². The van der Waals surface area contributed by atoms with Gasteiger partial charge in [0.05, 0.1) is 0 Å². The molecular weight excluding hydrogens is 396 g/mol. The third kappa shape index (κ3) is 5.73. The molecule has 0 aliphatic carbocycles. The molecule has 0 atom stereocenters. The molecule has 0 aliphatic rings. The van der Waals surface area contributed by atoms with Gasteiger partial charge in [0.1, 0.15) is 24.0 Å². The summed E-state index contributed by atoms with van der Waals surface area (Å²) in [6.07, 6.45) is 1.55. The standard InChI is InChI=1S/C25H21ClN2O2/c1-17-4-3-5-20(12-17)16-30-23-9-6-19(7-10-23)14-21(15-27)25(29)28-24-11-8-22(26)13-18(24)2/h3-14H,16H2,1-2H3,(H,28,29)/b21-14+. The van der Waals surface area contributed by atoms with Crippen LogP contribution in [0.3, 0.4) is 0 Å². The normalized spacial score (nSPS) is 10.9. The number of amides is 1. The zero-order chi connectivity index (χ0) is 21.5. The Bertz CT molecular complexity index is 1130. The Morgan fingerprint density at radius 1 is 1.10 bits per heavy atom. The van der Waals surface area contributed by atoms with Crippen LogP contribution in [0.25, 0.3) is 6.08 Å². The van der Waals surface area contributed by atoms with Gasteiger partial charge in [-0.25, -0.2) is 0 Å². The first kappa shape index (κ1) is 21.2. The molecule has 0 aliphatic heterocycles. The maximum Gasteiger partial charge on any atom is 0.266 e. The van der Waals surface area contributed by atoms with E-state index in [4.69, 9.17) is 16.3 Å². The number of carbonyl (C=O) groups is 1. The minimum absolute atomic E-state index is 0.0118. The summed E-state index contributed by atoms with van der Waals surface area (Å²) in [5, 5.41) is 12.8. The number of hydrogen-bond acceptors (Lipinski definition) is 3. The second kappa shape index (κ2) is 9.78. The lowest BCUT2D eigenvalue weighted by molar-refractivity contribution is -0.112. The number of nitrogens with one attached hydrogen (secondary N) is 1. The Morgan fingerprint density at radius 3 is 2.53 bits per heavy atom. The van der Waals surface area contributed by atoms with Gasteiger partial charge in [0.15, 0.2) is 0 Å². The van der Waals surface area contributed by atoms with E-state index in [0.29, 0.717) is 23.1 Å². The van der Waals surface area contributed by atoms with Crippen molar-refractivity contribution in [2.45, 2.75) is 20.5 Å². The Morgan fingerprint density at radius 2 is 1.87 bits per heavy atom. The largest absolute Gasteiger partial charge is 0.489 e. The Hall–Kier alpha value is -3.55. The van der Waals surface area contributed by atoms with Crippen molar-refractivity contribution < 1.29 is 9.53 Å². The van der Waals surface area contributed by atoms with Crippen LogP contribution in [0.4, 0.5) is 5.69 Å². The van der Waals surface area contributed by atoms with Crippen molar-refractivity contribution in [2.24, 2.45) is 0 Å². The van der Waals surface area contributed by atoms with Gasteiger partial charge in [0, 0.05) is 10.7 Å². The van der Waals surface area contributed by atoms with Gasteiger partial charge in [-0.2, -0.15) is 5.26 Å². The Balaban J connectivity index is 1.66. The van der Waals surface area contributed by atoms with Crippen molar-refractivity contribution in [1.29, 1.82) is 5.26 Å². The lowest BCUT2D eigenvalue weighted by Crippen LogP contribution is -2.14. The van der Waals surface area contributed by atoms with Gasteiger partial charge in [-0.1, -0.05) is 53.6 Å². The van der Waals surface area contributed by atoms with Crippen molar-refractivity contribution >= 4 is 29.3 Å². The summed E-state index contributed by atoms with van der Waals surface area (Å²) in [6.45, 7) is 4.36. The average molecular weight is 417 g/mol. The Kier molecular flexibility index (Phi) is 6.90. The number of aryl methyl sites for hydroxylation is 2. The van der Waals surface area contributed by atoms with Crippen LogP contribution in [-0.2, 0) is 11.4 Å². The van der Waals surface area contributed by atoms with E-state index in [1.54, 1.807) is 24.3 Å². The molecule has 3 aromatic carbocycles. The first-order chi connectivity index (χ1) is 14.4. The molecule has 0 saturated carbocycles. The summed E-state index contributed by atoms with van der Waals surface area (Å²) in [6, 6.07) is 22.5. The summed E-state index contributed by atoms with van der Waals surface area (Å²) < 4.78 is 5.81. The Labute approximate surface area is 181 Å². The molecule has 1 amide bonds. The van der Waals surface area contributed by atoms with E-state index < -0.39 is 5.91 Å². The zero-order valence-corrected chi connectivity index (χ0v) is 17.5. The van der Waals surface area contributed by atoms with E-state index in [9.17, 15) is 10.1 Å². The van der Waals surface area contributed by atoms with Crippen LogP contribution in [0.1, 0.15) is 22.3 Å². The molecule has 0 spiro atoms. The molecule has 0 unspecified atom stereocenters. The quantitative estimate of drug-likeness (QED) is 0.391. The van der Waals surface area contributed by atoms with E-state index >= 15 is 0 Å². The van der Waals surface area contributed by atoms with E-state index in [-0.39, 0.29) is 5.57 Å². The average Bonchev–Trinajstić information content (AvgIpc) is 2.73. The van der Waals surface area contributed by atoms with Crippen molar-refractivity contribution in [3.05, 3.63) is 99.6 Å². The molecule has 0 bridgehead atoms. The summed E-state index contributed by atoms with van der Waals surface area (Å²) >= 11 is 5.94. The highest BCUT2D eigenvalue weighted by Crippen LogP contribution is 2.21. The second-order valence-corrected chi connectivity index (χ2v) is 7.37. The maximum absolute atomic E-state index is 12.5. The van der Waals surface area contributed by atoms with Gasteiger partial charge in [-0.3, -0.25) is 4.79 Å². The molecule has 0 saturated heterocycles. The number of carbonyl (C=O) groups excluding carboxylic acids is 1. The molecule has 5 heteroatoms.